The van der Waals surface area contributed by atoms with Crippen molar-refractivity contribution in [3.8, 4) is 0 Å². The maximum absolute atomic E-state index is 13.8. The SMILES string of the molecule is Cc1ccc(CNc2ccc3nccn3c2C(=O)O)c(F)c1. The first-order chi connectivity index (χ1) is 10.6. The van der Waals surface area contributed by atoms with Crippen LogP contribution in [0.5, 0.6) is 0 Å². The number of hydrogen-bond acceptors (Lipinski definition) is 3. The Morgan fingerprint density at radius 1 is 1.36 bits per heavy atom. The summed E-state index contributed by atoms with van der Waals surface area (Å²) in [7, 11) is 0. The maximum Gasteiger partial charge on any atom is 0.355 e. The summed E-state index contributed by atoms with van der Waals surface area (Å²) in [5, 5.41) is 12.4. The number of benzene rings is 1. The quantitative estimate of drug-likeness (QED) is 0.777. The van der Waals surface area contributed by atoms with Gasteiger partial charge in [-0.2, -0.15) is 0 Å². The topological polar surface area (TPSA) is 66.6 Å². The number of rotatable bonds is 4. The number of nitrogens with zero attached hydrogens (tertiary/aromatic N) is 2. The van der Waals surface area contributed by atoms with Crippen molar-refractivity contribution < 1.29 is 14.3 Å². The third kappa shape index (κ3) is 2.50. The van der Waals surface area contributed by atoms with Gasteiger partial charge in [-0.05, 0) is 30.7 Å². The van der Waals surface area contributed by atoms with E-state index in [0.717, 1.165) is 5.56 Å². The van der Waals surface area contributed by atoms with Crippen LogP contribution in [0, 0.1) is 12.7 Å². The Hall–Kier alpha value is -2.89. The molecule has 0 atom stereocenters. The third-order valence-corrected chi connectivity index (χ3v) is 3.44. The molecule has 22 heavy (non-hydrogen) atoms. The minimum atomic E-state index is -1.07. The molecule has 0 aliphatic carbocycles. The van der Waals surface area contributed by atoms with E-state index in [-0.39, 0.29) is 18.1 Å². The Morgan fingerprint density at radius 2 is 2.18 bits per heavy atom. The number of aromatic carboxylic acids is 1. The van der Waals surface area contributed by atoms with Crippen LogP contribution in [-0.4, -0.2) is 20.5 Å². The monoisotopic (exact) mass is 299 g/mol. The largest absolute Gasteiger partial charge is 0.476 e. The summed E-state index contributed by atoms with van der Waals surface area (Å²) in [5.41, 5.74) is 2.35. The molecule has 0 fully saturated rings. The molecule has 1 aromatic carbocycles. The number of aryl methyl sites for hydroxylation is 1. The second-order valence-corrected chi connectivity index (χ2v) is 5.00. The van der Waals surface area contributed by atoms with Crippen molar-refractivity contribution in [3.63, 3.8) is 0 Å². The van der Waals surface area contributed by atoms with E-state index in [9.17, 15) is 14.3 Å². The predicted molar refractivity (Wildman–Crippen MR) is 80.6 cm³/mol. The van der Waals surface area contributed by atoms with Crippen LogP contribution in [-0.2, 0) is 6.54 Å². The summed E-state index contributed by atoms with van der Waals surface area (Å²) >= 11 is 0. The van der Waals surface area contributed by atoms with Crippen molar-refractivity contribution in [2.24, 2.45) is 0 Å². The number of anilines is 1. The summed E-state index contributed by atoms with van der Waals surface area (Å²) < 4.78 is 15.3. The van der Waals surface area contributed by atoms with E-state index in [4.69, 9.17) is 0 Å². The van der Waals surface area contributed by atoms with Gasteiger partial charge in [0.1, 0.15) is 11.5 Å². The van der Waals surface area contributed by atoms with Gasteiger partial charge in [-0.3, -0.25) is 4.40 Å². The Balaban J connectivity index is 1.93. The molecule has 0 saturated heterocycles. The average Bonchev–Trinajstić information content (AvgIpc) is 2.93. The van der Waals surface area contributed by atoms with Crippen molar-refractivity contribution in [2.75, 3.05) is 5.32 Å². The molecule has 0 unspecified atom stereocenters. The minimum Gasteiger partial charge on any atom is -0.476 e. The number of hydrogen-bond donors (Lipinski definition) is 2. The summed E-state index contributed by atoms with van der Waals surface area (Å²) in [6.45, 7) is 2.02. The number of aromatic nitrogens is 2. The number of carbonyl (C=O) groups is 1. The van der Waals surface area contributed by atoms with Crippen molar-refractivity contribution in [1.29, 1.82) is 0 Å². The second kappa shape index (κ2) is 5.48. The first-order valence-electron chi connectivity index (χ1n) is 6.74. The molecule has 0 saturated carbocycles. The molecule has 2 aromatic heterocycles. The van der Waals surface area contributed by atoms with Crippen LogP contribution in [0.15, 0.2) is 42.7 Å². The lowest BCUT2D eigenvalue weighted by Crippen LogP contribution is -2.11. The molecule has 0 aliphatic rings. The molecule has 112 valence electrons. The van der Waals surface area contributed by atoms with Gasteiger partial charge in [0.2, 0.25) is 0 Å². The van der Waals surface area contributed by atoms with Gasteiger partial charge in [-0.15, -0.1) is 0 Å². The summed E-state index contributed by atoms with van der Waals surface area (Å²) in [4.78, 5) is 15.6. The molecule has 2 heterocycles. The Morgan fingerprint density at radius 3 is 2.91 bits per heavy atom. The van der Waals surface area contributed by atoms with Crippen LogP contribution < -0.4 is 5.32 Å². The molecular weight excluding hydrogens is 285 g/mol. The zero-order valence-electron chi connectivity index (χ0n) is 11.9. The van der Waals surface area contributed by atoms with Crippen molar-refractivity contribution in [1.82, 2.24) is 9.38 Å². The van der Waals surface area contributed by atoms with Crippen LogP contribution in [0.4, 0.5) is 10.1 Å². The molecule has 0 bridgehead atoms. The molecule has 5 nitrogen and oxygen atoms in total. The Bertz CT molecular complexity index is 858. The lowest BCUT2D eigenvalue weighted by Gasteiger charge is -2.12. The fourth-order valence-electron chi connectivity index (χ4n) is 2.34. The van der Waals surface area contributed by atoms with Crippen molar-refractivity contribution in [3.05, 3.63) is 65.4 Å². The van der Waals surface area contributed by atoms with Crippen LogP contribution in [0.25, 0.3) is 5.65 Å². The van der Waals surface area contributed by atoms with E-state index in [1.807, 2.05) is 13.0 Å². The Labute approximate surface area is 126 Å². The van der Waals surface area contributed by atoms with Gasteiger partial charge < -0.3 is 10.4 Å². The van der Waals surface area contributed by atoms with Gasteiger partial charge in [0.15, 0.2) is 5.69 Å². The van der Waals surface area contributed by atoms with E-state index in [2.05, 4.69) is 10.3 Å². The molecule has 0 aliphatic heterocycles. The van der Waals surface area contributed by atoms with E-state index in [0.29, 0.717) is 16.9 Å². The first-order valence-corrected chi connectivity index (χ1v) is 6.74. The lowest BCUT2D eigenvalue weighted by atomic mass is 10.1. The highest BCUT2D eigenvalue weighted by Crippen LogP contribution is 2.20. The number of carboxylic acid groups (broad SMARTS) is 1. The molecule has 2 N–H and O–H groups in total. The molecule has 3 aromatic rings. The summed E-state index contributed by atoms with van der Waals surface area (Å²) in [6, 6.07) is 8.30. The molecular formula is C16H14FN3O2. The van der Waals surface area contributed by atoms with Gasteiger partial charge in [-0.25, -0.2) is 14.2 Å². The van der Waals surface area contributed by atoms with Gasteiger partial charge in [0.05, 0.1) is 5.69 Å². The van der Waals surface area contributed by atoms with Crippen LogP contribution in [0.2, 0.25) is 0 Å². The standard InChI is InChI=1S/C16H14FN3O2/c1-10-2-3-11(12(17)8-10)9-19-13-4-5-14-18-6-7-20(14)15(13)16(21)22/h2-8,19H,9H2,1H3,(H,21,22). The summed E-state index contributed by atoms with van der Waals surface area (Å²) in [5.74, 6) is -1.39. The highest BCUT2D eigenvalue weighted by atomic mass is 19.1. The average molecular weight is 299 g/mol. The van der Waals surface area contributed by atoms with Crippen LogP contribution in [0.3, 0.4) is 0 Å². The zero-order chi connectivity index (χ0) is 15.7. The first kappa shape index (κ1) is 14.1. The number of carboxylic acids is 1. The number of nitrogens with one attached hydrogen (secondary N) is 1. The van der Waals surface area contributed by atoms with E-state index >= 15 is 0 Å². The summed E-state index contributed by atoms with van der Waals surface area (Å²) in [6.07, 6.45) is 3.11. The van der Waals surface area contributed by atoms with Crippen molar-refractivity contribution >= 4 is 17.3 Å². The minimum absolute atomic E-state index is 0.0718. The highest BCUT2D eigenvalue weighted by molar-refractivity contribution is 5.93. The van der Waals surface area contributed by atoms with Gasteiger partial charge >= 0.3 is 5.97 Å². The van der Waals surface area contributed by atoms with E-state index < -0.39 is 5.97 Å². The van der Waals surface area contributed by atoms with Gasteiger partial charge in [-0.1, -0.05) is 12.1 Å². The smallest absolute Gasteiger partial charge is 0.355 e. The van der Waals surface area contributed by atoms with Crippen molar-refractivity contribution in [2.45, 2.75) is 13.5 Å². The zero-order valence-corrected chi connectivity index (χ0v) is 11.9. The molecule has 0 spiro atoms. The highest BCUT2D eigenvalue weighted by Gasteiger charge is 2.15. The normalized spacial score (nSPS) is 10.8. The molecule has 0 amide bonds. The second-order valence-electron chi connectivity index (χ2n) is 5.00. The Kier molecular flexibility index (Phi) is 3.50. The predicted octanol–water partition coefficient (Wildman–Crippen LogP) is 3.09. The van der Waals surface area contributed by atoms with Crippen LogP contribution in [0.1, 0.15) is 21.6 Å². The molecule has 0 radical (unpaired) electrons. The van der Waals surface area contributed by atoms with Gasteiger partial charge in [0.25, 0.3) is 0 Å². The number of fused-ring (bicyclic) bond motifs is 1. The fourth-order valence-corrected chi connectivity index (χ4v) is 2.34. The lowest BCUT2D eigenvalue weighted by molar-refractivity contribution is 0.0690. The van der Waals surface area contributed by atoms with Crippen LogP contribution >= 0.6 is 0 Å². The van der Waals surface area contributed by atoms with E-state index in [1.54, 1.807) is 24.4 Å². The van der Waals surface area contributed by atoms with Gasteiger partial charge in [0, 0.05) is 24.5 Å². The number of pyridine rings is 1. The molecule has 3 rings (SSSR count). The maximum atomic E-state index is 13.8. The number of halogens is 1. The fraction of sp³-hybridized carbons (Fsp3) is 0.125. The number of imidazole rings is 1. The molecule has 6 heteroatoms. The van der Waals surface area contributed by atoms with E-state index in [1.165, 1.54) is 16.7 Å². The third-order valence-electron chi connectivity index (χ3n) is 3.44.